The van der Waals surface area contributed by atoms with E-state index in [1.54, 1.807) is 5.19 Å². The van der Waals surface area contributed by atoms with Gasteiger partial charge in [-0.3, -0.25) is 0 Å². The summed E-state index contributed by atoms with van der Waals surface area (Å²) >= 11 is 0. The molecule has 0 bridgehead atoms. The first kappa shape index (κ1) is 30.7. The van der Waals surface area contributed by atoms with E-state index in [1.165, 1.54) is 63.2 Å². The van der Waals surface area contributed by atoms with Crippen LogP contribution in [0, 0.1) is 6.92 Å². The van der Waals surface area contributed by atoms with Crippen LogP contribution in [0.5, 0.6) is 0 Å². The number of rotatable bonds is 2. The van der Waals surface area contributed by atoms with Crippen molar-refractivity contribution >= 4 is 41.0 Å². The lowest BCUT2D eigenvalue weighted by atomic mass is 9.78. The number of hydrogen-bond donors (Lipinski definition) is 0. The fraction of sp³-hybridized carbons (Fsp3) is 0.341. The van der Waals surface area contributed by atoms with Crippen LogP contribution in [0.15, 0.2) is 84.1 Å². The maximum atomic E-state index is 6.82. The van der Waals surface area contributed by atoms with E-state index in [2.05, 4.69) is 116 Å². The van der Waals surface area contributed by atoms with Gasteiger partial charge in [0.1, 0.15) is 0 Å². The molecule has 4 nitrogen and oxygen atoms in total. The van der Waals surface area contributed by atoms with Gasteiger partial charge in [-0.25, -0.2) is 4.98 Å². The Kier molecular flexibility index (Phi) is 6.94. The summed E-state index contributed by atoms with van der Waals surface area (Å²) in [7, 11) is -1.67. The summed E-state index contributed by atoms with van der Waals surface area (Å²) in [5, 5.41) is 3.79. The number of pyridine rings is 3. The Morgan fingerprint density at radius 1 is 0.918 bits per heavy atom. The molecule has 0 radical (unpaired) electrons. The number of aromatic nitrogens is 3. The first-order valence-electron chi connectivity index (χ1n) is 18.4. The molecule has 9 rings (SSSR count). The van der Waals surface area contributed by atoms with Gasteiger partial charge in [-0.1, -0.05) is 63.8 Å². The second kappa shape index (κ2) is 11.1. The van der Waals surface area contributed by atoms with E-state index in [4.69, 9.17) is 16.0 Å². The second-order valence-corrected chi connectivity index (χ2v) is 21.2. The Hall–Kier alpha value is -4.35. The molecule has 6 aromatic rings. The third-order valence-electron chi connectivity index (χ3n) is 11.7. The average Bonchev–Trinajstić information content (AvgIpc) is 3.47. The first-order valence-corrected chi connectivity index (χ1v) is 21.9. The average molecular weight is 662 g/mol. The summed E-state index contributed by atoms with van der Waals surface area (Å²) in [6, 6.07) is 23.1. The molecule has 3 aliphatic rings. The minimum atomic E-state index is -1.67. The largest absolute Gasteiger partial charge is 0.437 e. The van der Waals surface area contributed by atoms with E-state index in [-0.39, 0.29) is 12.0 Å². The third-order valence-corrected chi connectivity index (χ3v) is 13.7. The van der Waals surface area contributed by atoms with Crippen LogP contribution in [-0.2, 0) is 19.3 Å². The van der Waals surface area contributed by atoms with Crippen molar-refractivity contribution in [1.29, 1.82) is 0 Å². The highest BCUT2D eigenvalue weighted by Crippen LogP contribution is 2.47. The minimum absolute atomic E-state index is 0.0800. The zero-order chi connectivity index (χ0) is 33.8. The highest BCUT2D eigenvalue weighted by Gasteiger charge is 2.48. The summed E-state index contributed by atoms with van der Waals surface area (Å²) in [6.45, 7) is 19.3. The smallest absolute Gasteiger partial charge is 0.249 e. The van der Waals surface area contributed by atoms with Gasteiger partial charge in [0.05, 0.1) is 19.6 Å². The molecule has 2 aromatic carbocycles. The topological polar surface area (TPSA) is 33.8 Å². The molecule has 2 unspecified atom stereocenters. The van der Waals surface area contributed by atoms with Gasteiger partial charge in [0.2, 0.25) is 28.8 Å². The van der Waals surface area contributed by atoms with Crippen LogP contribution >= 0.6 is 0 Å². The SMILES string of the molecule is C=C1C2C(CCc3ccc4c(oc5nc(C)ccc54)c3-c3c4c(cc[n+]31)CCCC4)c1ccccc1-c1cc(C(C)C)c([Si](C)(C)C)c[n+]12. The highest BCUT2D eigenvalue weighted by atomic mass is 28.3. The van der Waals surface area contributed by atoms with Gasteiger partial charge in [0, 0.05) is 44.9 Å². The molecule has 0 saturated heterocycles. The lowest BCUT2D eigenvalue weighted by Crippen LogP contribution is -2.57. The number of fused-ring (bicyclic) bond motifs is 15. The summed E-state index contributed by atoms with van der Waals surface area (Å²) < 4.78 is 11.9. The summed E-state index contributed by atoms with van der Waals surface area (Å²) in [5.74, 6) is 0.737. The Morgan fingerprint density at radius 3 is 2.53 bits per heavy atom. The van der Waals surface area contributed by atoms with Crippen LogP contribution in [-0.4, -0.2) is 13.1 Å². The molecule has 2 aliphatic heterocycles. The van der Waals surface area contributed by atoms with Crippen LogP contribution in [0.3, 0.4) is 0 Å². The summed E-state index contributed by atoms with van der Waals surface area (Å²) in [4.78, 5) is 4.85. The van der Waals surface area contributed by atoms with Crippen LogP contribution in [0.4, 0.5) is 0 Å². The molecule has 0 spiro atoms. The molecular formula is C44H47N3OSi+2. The number of furan rings is 1. The van der Waals surface area contributed by atoms with Crippen molar-refractivity contribution in [1.82, 2.24) is 4.98 Å². The molecule has 4 aromatic heterocycles. The maximum Gasteiger partial charge on any atom is 0.249 e. The van der Waals surface area contributed by atoms with Gasteiger partial charge in [0.25, 0.3) is 0 Å². The second-order valence-electron chi connectivity index (χ2n) is 16.1. The van der Waals surface area contributed by atoms with Gasteiger partial charge in [-0.15, -0.1) is 0 Å². The van der Waals surface area contributed by atoms with Crippen molar-refractivity contribution in [3.63, 3.8) is 0 Å². The molecule has 246 valence electrons. The van der Waals surface area contributed by atoms with E-state index in [0.29, 0.717) is 5.92 Å². The van der Waals surface area contributed by atoms with Gasteiger partial charge in [-0.2, -0.15) is 9.13 Å². The van der Waals surface area contributed by atoms with Gasteiger partial charge in [-0.05, 0) is 98.4 Å². The Bertz CT molecular complexity index is 2360. The van der Waals surface area contributed by atoms with E-state index < -0.39 is 8.07 Å². The molecule has 2 atom stereocenters. The quantitative estimate of drug-likeness (QED) is 0.137. The van der Waals surface area contributed by atoms with Gasteiger partial charge in [0.15, 0.2) is 18.0 Å². The van der Waals surface area contributed by atoms with E-state index in [9.17, 15) is 0 Å². The van der Waals surface area contributed by atoms with Crippen molar-refractivity contribution < 1.29 is 13.6 Å². The highest BCUT2D eigenvalue weighted by molar-refractivity contribution is 6.89. The molecule has 0 fully saturated rings. The van der Waals surface area contributed by atoms with Crippen LogP contribution in [0.1, 0.15) is 84.5 Å². The molecule has 1 aliphatic carbocycles. The van der Waals surface area contributed by atoms with E-state index >= 15 is 0 Å². The minimum Gasteiger partial charge on any atom is -0.437 e. The van der Waals surface area contributed by atoms with Crippen molar-refractivity contribution in [2.45, 2.75) is 96.8 Å². The molecule has 6 heterocycles. The van der Waals surface area contributed by atoms with Crippen molar-refractivity contribution in [2.24, 2.45) is 0 Å². The molecule has 0 saturated carbocycles. The van der Waals surface area contributed by atoms with Gasteiger partial charge >= 0.3 is 0 Å². The number of hydrogen-bond acceptors (Lipinski definition) is 2. The molecular weight excluding hydrogens is 615 g/mol. The molecule has 0 amide bonds. The van der Waals surface area contributed by atoms with Crippen LogP contribution in [0.2, 0.25) is 19.6 Å². The van der Waals surface area contributed by atoms with Crippen molar-refractivity contribution in [3.8, 4) is 22.5 Å². The number of allylic oxidation sites excluding steroid dienone is 1. The number of benzene rings is 2. The Morgan fingerprint density at radius 2 is 1.71 bits per heavy atom. The monoisotopic (exact) mass is 661 g/mol. The predicted molar refractivity (Wildman–Crippen MR) is 203 cm³/mol. The Labute approximate surface area is 291 Å². The maximum absolute atomic E-state index is 6.82. The fourth-order valence-corrected chi connectivity index (χ4v) is 11.1. The van der Waals surface area contributed by atoms with E-state index in [0.717, 1.165) is 59.1 Å². The first-order chi connectivity index (χ1) is 23.6. The number of nitrogens with zero attached hydrogens (tertiary/aromatic N) is 3. The summed E-state index contributed by atoms with van der Waals surface area (Å²) in [6.07, 6.45) is 11.5. The number of aryl methyl sites for hydroxylation is 3. The fourth-order valence-electron chi connectivity index (χ4n) is 9.31. The van der Waals surface area contributed by atoms with Gasteiger partial charge < -0.3 is 4.42 Å². The zero-order valence-electron chi connectivity index (χ0n) is 29.9. The van der Waals surface area contributed by atoms with Crippen LogP contribution in [0.25, 0.3) is 50.3 Å². The van der Waals surface area contributed by atoms with Crippen LogP contribution < -0.4 is 14.3 Å². The lowest BCUT2D eigenvalue weighted by Gasteiger charge is -2.32. The molecule has 0 N–H and O–H groups in total. The van der Waals surface area contributed by atoms with E-state index in [1.807, 2.05) is 6.92 Å². The Balaban J connectivity index is 1.37. The zero-order valence-corrected chi connectivity index (χ0v) is 30.9. The molecule has 49 heavy (non-hydrogen) atoms. The predicted octanol–water partition coefficient (Wildman–Crippen LogP) is 9.50. The summed E-state index contributed by atoms with van der Waals surface area (Å²) in [5.41, 5.74) is 16.2. The normalized spacial score (nSPS) is 18.6. The third kappa shape index (κ3) is 4.65. The van der Waals surface area contributed by atoms with Crippen molar-refractivity contribution in [2.75, 3.05) is 0 Å². The standard InChI is InChI=1S/C44H47N3OSi/c1-26(2)37-24-38-33-15-11-10-14-32(33)34-20-17-30-18-21-35-36-19-16-27(3)45-44(36)48-43(35)40(30)42-31-13-9-8-12-29(31)22-23-46(42)28(4)41(34)47(38)25-39(37)49(5,6)7/h10-11,14-16,18-19,21-26,34,41H,4,8-9,12-13,17,20H2,1-3,5-7H3/q+2. The van der Waals surface area contributed by atoms with Crippen molar-refractivity contribution in [3.05, 3.63) is 113 Å². The molecule has 5 heteroatoms. The lowest BCUT2D eigenvalue weighted by molar-refractivity contribution is -0.726.